The Morgan fingerprint density at radius 3 is 3.04 bits per heavy atom. The number of aromatic nitrogens is 1. The minimum absolute atomic E-state index is 0.0251. The van der Waals surface area contributed by atoms with E-state index in [-0.39, 0.29) is 12.2 Å². The molecule has 1 aromatic heterocycles. The number of thiazole rings is 1. The van der Waals surface area contributed by atoms with Gasteiger partial charge >= 0.3 is 0 Å². The number of ether oxygens (including phenoxy) is 2. The highest BCUT2D eigenvalue weighted by atomic mass is 32.1. The SMILES string of the molecule is CCNC(=NCC1Cc2ccccc2O1)N(C)Cc1csc(C(C)OC)n1. The van der Waals surface area contributed by atoms with Crippen LogP contribution >= 0.6 is 11.3 Å². The Hall–Kier alpha value is -2.12. The van der Waals surface area contributed by atoms with Crippen LogP contribution in [-0.4, -0.2) is 49.2 Å². The number of fused-ring (bicyclic) bond motifs is 1. The minimum atomic E-state index is 0.0251. The Labute approximate surface area is 165 Å². The molecule has 0 saturated carbocycles. The topological polar surface area (TPSA) is 59.0 Å². The van der Waals surface area contributed by atoms with E-state index < -0.39 is 0 Å². The summed E-state index contributed by atoms with van der Waals surface area (Å²) in [5.74, 6) is 1.85. The van der Waals surface area contributed by atoms with E-state index in [2.05, 4.69) is 39.6 Å². The van der Waals surface area contributed by atoms with Crippen molar-refractivity contribution in [2.75, 3.05) is 27.2 Å². The molecule has 0 radical (unpaired) electrons. The second-order valence-electron chi connectivity index (χ2n) is 6.66. The lowest BCUT2D eigenvalue weighted by molar-refractivity contribution is 0.119. The standard InChI is InChI=1S/C20H28N4O2S/c1-5-21-20(22-11-17-10-15-8-6-7-9-18(15)26-17)24(3)12-16-13-27-19(23-16)14(2)25-4/h6-9,13-14,17H,5,10-12H2,1-4H3,(H,21,22). The molecule has 2 heterocycles. The number of rotatable bonds is 7. The number of methoxy groups -OCH3 is 1. The van der Waals surface area contributed by atoms with Gasteiger partial charge in [-0.15, -0.1) is 11.3 Å². The molecular weight excluding hydrogens is 360 g/mol. The summed E-state index contributed by atoms with van der Waals surface area (Å²) in [6, 6.07) is 8.21. The quantitative estimate of drug-likeness (QED) is 0.583. The van der Waals surface area contributed by atoms with Gasteiger partial charge in [-0.3, -0.25) is 0 Å². The molecule has 1 aliphatic heterocycles. The maximum Gasteiger partial charge on any atom is 0.194 e. The van der Waals surface area contributed by atoms with Crippen LogP contribution in [0.5, 0.6) is 5.75 Å². The van der Waals surface area contributed by atoms with E-state index in [0.29, 0.717) is 13.1 Å². The molecule has 0 spiro atoms. The molecule has 7 heteroatoms. The first-order chi connectivity index (χ1) is 13.1. The lowest BCUT2D eigenvalue weighted by atomic mass is 10.1. The van der Waals surface area contributed by atoms with Crippen molar-refractivity contribution in [2.45, 2.75) is 39.0 Å². The molecule has 2 unspecified atom stereocenters. The van der Waals surface area contributed by atoms with Crippen molar-refractivity contribution >= 4 is 17.3 Å². The number of guanidine groups is 1. The highest BCUT2D eigenvalue weighted by molar-refractivity contribution is 7.09. The monoisotopic (exact) mass is 388 g/mol. The van der Waals surface area contributed by atoms with Crippen LogP contribution < -0.4 is 10.1 Å². The molecule has 3 rings (SSSR count). The van der Waals surface area contributed by atoms with Crippen molar-refractivity contribution in [1.29, 1.82) is 0 Å². The molecule has 1 aliphatic rings. The van der Waals surface area contributed by atoms with Crippen molar-refractivity contribution in [3.05, 3.63) is 45.9 Å². The zero-order valence-corrected chi connectivity index (χ0v) is 17.3. The zero-order chi connectivity index (χ0) is 19.2. The van der Waals surface area contributed by atoms with Crippen molar-refractivity contribution in [3.8, 4) is 5.75 Å². The molecule has 2 aromatic rings. The molecule has 0 amide bonds. The van der Waals surface area contributed by atoms with Crippen LogP contribution in [0.3, 0.4) is 0 Å². The molecule has 2 atom stereocenters. The minimum Gasteiger partial charge on any atom is -0.488 e. The highest BCUT2D eigenvalue weighted by Crippen LogP contribution is 2.28. The zero-order valence-electron chi connectivity index (χ0n) is 16.4. The second kappa shape index (κ2) is 9.19. The lowest BCUT2D eigenvalue weighted by Crippen LogP contribution is -2.39. The third-order valence-corrected chi connectivity index (χ3v) is 5.58. The summed E-state index contributed by atoms with van der Waals surface area (Å²) < 4.78 is 11.3. The third-order valence-electron chi connectivity index (χ3n) is 4.52. The van der Waals surface area contributed by atoms with E-state index in [1.54, 1.807) is 18.4 Å². The summed E-state index contributed by atoms with van der Waals surface area (Å²) in [7, 11) is 3.74. The van der Waals surface area contributed by atoms with E-state index >= 15 is 0 Å². The second-order valence-corrected chi connectivity index (χ2v) is 7.55. The van der Waals surface area contributed by atoms with Gasteiger partial charge in [0.15, 0.2) is 5.96 Å². The fourth-order valence-corrected chi connectivity index (χ4v) is 3.86. The van der Waals surface area contributed by atoms with Crippen LogP contribution in [0.2, 0.25) is 0 Å². The summed E-state index contributed by atoms with van der Waals surface area (Å²) in [5.41, 5.74) is 2.29. The Kier molecular flexibility index (Phi) is 6.68. The lowest BCUT2D eigenvalue weighted by Gasteiger charge is -2.21. The average molecular weight is 389 g/mol. The Morgan fingerprint density at radius 1 is 1.48 bits per heavy atom. The van der Waals surface area contributed by atoms with Gasteiger partial charge in [0.1, 0.15) is 23.0 Å². The molecule has 1 aromatic carbocycles. The average Bonchev–Trinajstić information content (AvgIpc) is 3.30. The maximum absolute atomic E-state index is 6.00. The summed E-state index contributed by atoms with van der Waals surface area (Å²) in [6.07, 6.45) is 1.03. The third kappa shape index (κ3) is 4.99. The van der Waals surface area contributed by atoms with E-state index in [9.17, 15) is 0 Å². The van der Waals surface area contributed by atoms with Gasteiger partial charge < -0.3 is 19.7 Å². The molecule has 27 heavy (non-hydrogen) atoms. The smallest absolute Gasteiger partial charge is 0.194 e. The van der Waals surface area contributed by atoms with Crippen molar-refractivity contribution < 1.29 is 9.47 Å². The Bertz CT molecular complexity index is 752. The summed E-state index contributed by atoms with van der Waals surface area (Å²) in [6.45, 7) is 6.23. The number of hydrogen-bond acceptors (Lipinski definition) is 5. The summed E-state index contributed by atoms with van der Waals surface area (Å²) in [5, 5.41) is 6.44. The van der Waals surface area contributed by atoms with Crippen LogP contribution in [0, 0.1) is 0 Å². The Balaban J connectivity index is 1.60. The molecular formula is C20H28N4O2S. The first-order valence-corrected chi connectivity index (χ1v) is 10.2. The van der Waals surface area contributed by atoms with Gasteiger partial charge in [0.2, 0.25) is 0 Å². The number of nitrogens with one attached hydrogen (secondary N) is 1. The van der Waals surface area contributed by atoms with Gasteiger partial charge in [-0.1, -0.05) is 18.2 Å². The van der Waals surface area contributed by atoms with Crippen molar-refractivity contribution in [1.82, 2.24) is 15.2 Å². The predicted molar refractivity (Wildman–Crippen MR) is 110 cm³/mol. The van der Waals surface area contributed by atoms with Crippen LogP contribution in [0.4, 0.5) is 0 Å². The fourth-order valence-electron chi connectivity index (χ4n) is 3.01. The fraction of sp³-hybridized carbons (Fsp3) is 0.500. The van der Waals surface area contributed by atoms with Crippen LogP contribution in [0.25, 0.3) is 0 Å². The van der Waals surface area contributed by atoms with Crippen LogP contribution in [0.1, 0.15) is 36.2 Å². The number of benzene rings is 1. The molecule has 1 N–H and O–H groups in total. The molecule has 0 bridgehead atoms. The van der Waals surface area contributed by atoms with Crippen LogP contribution in [-0.2, 0) is 17.7 Å². The highest BCUT2D eigenvalue weighted by Gasteiger charge is 2.22. The van der Waals surface area contributed by atoms with Gasteiger partial charge in [-0.05, 0) is 25.5 Å². The molecule has 0 fully saturated rings. The van der Waals surface area contributed by atoms with Gasteiger partial charge in [0.25, 0.3) is 0 Å². The summed E-state index contributed by atoms with van der Waals surface area (Å²) in [4.78, 5) is 11.6. The number of aliphatic imine (C=N–C) groups is 1. The predicted octanol–water partition coefficient (Wildman–Crippen LogP) is 3.25. The first-order valence-electron chi connectivity index (χ1n) is 9.31. The van der Waals surface area contributed by atoms with E-state index in [0.717, 1.165) is 35.4 Å². The number of hydrogen-bond donors (Lipinski definition) is 1. The van der Waals surface area contributed by atoms with E-state index in [4.69, 9.17) is 14.5 Å². The number of para-hydroxylation sites is 1. The number of nitrogens with zero attached hydrogens (tertiary/aromatic N) is 3. The van der Waals surface area contributed by atoms with Crippen molar-refractivity contribution in [3.63, 3.8) is 0 Å². The van der Waals surface area contributed by atoms with Crippen molar-refractivity contribution in [2.24, 2.45) is 4.99 Å². The molecule has 146 valence electrons. The Morgan fingerprint density at radius 2 is 2.30 bits per heavy atom. The molecule has 6 nitrogen and oxygen atoms in total. The summed E-state index contributed by atoms with van der Waals surface area (Å²) >= 11 is 1.63. The normalized spacial score (nSPS) is 17.3. The largest absolute Gasteiger partial charge is 0.488 e. The van der Waals surface area contributed by atoms with Gasteiger partial charge in [0, 0.05) is 32.5 Å². The van der Waals surface area contributed by atoms with Crippen LogP contribution in [0.15, 0.2) is 34.6 Å². The van der Waals surface area contributed by atoms with Gasteiger partial charge in [-0.25, -0.2) is 9.98 Å². The van der Waals surface area contributed by atoms with Gasteiger partial charge in [-0.2, -0.15) is 0 Å². The van der Waals surface area contributed by atoms with E-state index in [1.807, 2.05) is 26.1 Å². The van der Waals surface area contributed by atoms with E-state index in [1.165, 1.54) is 5.56 Å². The van der Waals surface area contributed by atoms with Gasteiger partial charge in [0.05, 0.1) is 18.8 Å². The molecule has 0 aliphatic carbocycles. The molecule has 0 saturated heterocycles. The maximum atomic E-state index is 6.00. The first kappa shape index (κ1) is 19.6.